The molecule has 2 unspecified atom stereocenters. The van der Waals surface area contributed by atoms with E-state index in [0.717, 1.165) is 32.4 Å². The van der Waals surface area contributed by atoms with E-state index >= 15 is 0 Å². The van der Waals surface area contributed by atoms with Gasteiger partial charge >= 0.3 is 0 Å². The van der Waals surface area contributed by atoms with Gasteiger partial charge in [-0.2, -0.15) is 0 Å². The van der Waals surface area contributed by atoms with Gasteiger partial charge in [-0.05, 0) is 25.3 Å². The van der Waals surface area contributed by atoms with Crippen molar-refractivity contribution >= 4 is 0 Å². The molecular formula is C12H25NO. The number of aliphatic hydroxyl groups is 1. The van der Waals surface area contributed by atoms with Gasteiger partial charge in [0.25, 0.3) is 0 Å². The van der Waals surface area contributed by atoms with Crippen LogP contribution >= 0.6 is 0 Å². The largest absolute Gasteiger partial charge is 0.389 e. The smallest absolute Gasteiger partial charge is 0.0725 e. The quantitative estimate of drug-likeness (QED) is 0.730. The molecule has 1 fully saturated rings. The van der Waals surface area contributed by atoms with Gasteiger partial charge in [0.05, 0.1) is 5.60 Å². The first-order valence-electron chi connectivity index (χ1n) is 5.84. The fourth-order valence-electron chi connectivity index (χ4n) is 2.30. The Morgan fingerprint density at radius 2 is 2.07 bits per heavy atom. The number of nitrogens with one attached hydrogen (secondary N) is 1. The van der Waals surface area contributed by atoms with Crippen molar-refractivity contribution in [1.82, 2.24) is 5.32 Å². The summed E-state index contributed by atoms with van der Waals surface area (Å²) in [5, 5.41) is 14.0. The molecule has 0 aromatic carbocycles. The van der Waals surface area contributed by atoms with Crippen molar-refractivity contribution in [2.24, 2.45) is 11.3 Å². The highest BCUT2D eigenvalue weighted by Crippen LogP contribution is 2.40. The molecule has 2 N–H and O–H groups in total. The van der Waals surface area contributed by atoms with Gasteiger partial charge < -0.3 is 10.4 Å². The molecule has 2 nitrogen and oxygen atoms in total. The predicted octanol–water partition coefficient (Wildman–Crippen LogP) is 2.17. The van der Waals surface area contributed by atoms with Crippen LogP contribution < -0.4 is 5.32 Å². The highest BCUT2D eigenvalue weighted by Gasteiger charge is 2.45. The Kier molecular flexibility index (Phi) is 3.59. The molecule has 2 heteroatoms. The summed E-state index contributed by atoms with van der Waals surface area (Å²) in [6, 6.07) is 0. The van der Waals surface area contributed by atoms with Gasteiger partial charge in [0.1, 0.15) is 0 Å². The molecule has 1 rings (SSSR count). The van der Waals surface area contributed by atoms with E-state index in [1.54, 1.807) is 0 Å². The Bertz CT molecular complexity index is 191. The van der Waals surface area contributed by atoms with Crippen molar-refractivity contribution in [3.63, 3.8) is 0 Å². The minimum absolute atomic E-state index is 0.00861. The van der Waals surface area contributed by atoms with E-state index in [4.69, 9.17) is 0 Å². The van der Waals surface area contributed by atoms with Crippen LogP contribution in [0.5, 0.6) is 0 Å². The Balaban J connectivity index is 2.68. The second-order valence-corrected chi connectivity index (χ2v) is 5.56. The Hall–Kier alpha value is -0.0800. The van der Waals surface area contributed by atoms with Gasteiger partial charge in [-0.3, -0.25) is 0 Å². The SMILES string of the molecule is CCC(C)CC1(O)CCNCC1(C)C. The second kappa shape index (κ2) is 4.19. The fraction of sp³-hybridized carbons (Fsp3) is 1.00. The molecule has 0 spiro atoms. The molecule has 0 amide bonds. The molecule has 84 valence electrons. The summed E-state index contributed by atoms with van der Waals surface area (Å²) in [4.78, 5) is 0. The highest BCUT2D eigenvalue weighted by molar-refractivity contribution is 4.98. The van der Waals surface area contributed by atoms with Crippen LogP contribution in [0.1, 0.15) is 47.0 Å². The molecule has 0 bridgehead atoms. The van der Waals surface area contributed by atoms with Gasteiger partial charge in [0.2, 0.25) is 0 Å². The van der Waals surface area contributed by atoms with Crippen molar-refractivity contribution in [2.45, 2.75) is 52.6 Å². The monoisotopic (exact) mass is 199 g/mol. The van der Waals surface area contributed by atoms with E-state index in [2.05, 4.69) is 33.0 Å². The topological polar surface area (TPSA) is 32.3 Å². The zero-order chi connectivity index (χ0) is 10.8. The summed E-state index contributed by atoms with van der Waals surface area (Å²) in [5.74, 6) is 0.623. The third-order valence-electron chi connectivity index (χ3n) is 3.93. The maximum absolute atomic E-state index is 10.7. The number of hydrogen-bond donors (Lipinski definition) is 2. The van der Waals surface area contributed by atoms with Crippen LogP contribution in [0.2, 0.25) is 0 Å². The van der Waals surface area contributed by atoms with Gasteiger partial charge in [0.15, 0.2) is 0 Å². The van der Waals surface area contributed by atoms with Crippen LogP contribution in [-0.4, -0.2) is 23.8 Å². The lowest BCUT2D eigenvalue weighted by Gasteiger charge is -2.48. The fourth-order valence-corrected chi connectivity index (χ4v) is 2.30. The Morgan fingerprint density at radius 1 is 1.43 bits per heavy atom. The summed E-state index contributed by atoms with van der Waals surface area (Å²) in [5.41, 5.74) is -0.456. The van der Waals surface area contributed by atoms with Crippen molar-refractivity contribution in [1.29, 1.82) is 0 Å². The van der Waals surface area contributed by atoms with Gasteiger partial charge in [-0.25, -0.2) is 0 Å². The lowest BCUT2D eigenvalue weighted by Crippen LogP contribution is -2.56. The lowest BCUT2D eigenvalue weighted by molar-refractivity contribution is -0.102. The summed E-state index contributed by atoms with van der Waals surface area (Å²) in [7, 11) is 0. The minimum Gasteiger partial charge on any atom is -0.389 e. The lowest BCUT2D eigenvalue weighted by atomic mass is 9.67. The molecular weight excluding hydrogens is 174 g/mol. The number of hydrogen-bond acceptors (Lipinski definition) is 2. The van der Waals surface area contributed by atoms with Crippen LogP contribution in [0.3, 0.4) is 0 Å². The minimum atomic E-state index is -0.465. The number of piperidine rings is 1. The van der Waals surface area contributed by atoms with Crippen molar-refractivity contribution < 1.29 is 5.11 Å². The van der Waals surface area contributed by atoms with Crippen molar-refractivity contribution in [3.8, 4) is 0 Å². The molecule has 1 aliphatic heterocycles. The summed E-state index contributed by atoms with van der Waals surface area (Å²) in [6.45, 7) is 10.7. The Morgan fingerprint density at radius 3 is 2.57 bits per heavy atom. The standard InChI is InChI=1S/C12H25NO/c1-5-10(2)8-12(14)6-7-13-9-11(12,3)4/h10,13-14H,5-9H2,1-4H3. The third kappa shape index (κ3) is 2.29. The molecule has 1 heterocycles. The van der Waals surface area contributed by atoms with Crippen molar-refractivity contribution in [3.05, 3.63) is 0 Å². The van der Waals surface area contributed by atoms with E-state index in [1.807, 2.05) is 0 Å². The highest BCUT2D eigenvalue weighted by atomic mass is 16.3. The van der Waals surface area contributed by atoms with Crippen LogP contribution in [-0.2, 0) is 0 Å². The van der Waals surface area contributed by atoms with Gasteiger partial charge in [-0.1, -0.05) is 34.1 Å². The van der Waals surface area contributed by atoms with Crippen LogP contribution in [0.25, 0.3) is 0 Å². The molecule has 0 aliphatic carbocycles. The first-order chi connectivity index (χ1) is 6.41. The molecule has 0 aromatic heterocycles. The van der Waals surface area contributed by atoms with Crippen LogP contribution in [0, 0.1) is 11.3 Å². The number of rotatable bonds is 3. The molecule has 2 atom stereocenters. The zero-order valence-corrected chi connectivity index (χ0v) is 10.1. The maximum atomic E-state index is 10.7. The van der Waals surface area contributed by atoms with E-state index < -0.39 is 5.60 Å². The van der Waals surface area contributed by atoms with Crippen LogP contribution in [0.15, 0.2) is 0 Å². The molecule has 1 saturated heterocycles. The zero-order valence-electron chi connectivity index (χ0n) is 10.1. The van der Waals surface area contributed by atoms with E-state index in [9.17, 15) is 5.11 Å². The summed E-state index contributed by atoms with van der Waals surface area (Å²) < 4.78 is 0. The van der Waals surface area contributed by atoms with Gasteiger partial charge in [0, 0.05) is 12.0 Å². The molecule has 1 aliphatic rings. The predicted molar refractivity (Wildman–Crippen MR) is 60.3 cm³/mol. The average Bonchev–Trinajstić information content (AvgIpc) is 2.10. The molecule has 0 radical (unpaired) electrons. The Labute approximate surface area is 88.1 Å². The normalized spacial score (nSPS) is 34.1. The maximum Gasteiger partial charge on any atom is 0.0725 e. The molecule has 14 heavy (non-hydrogen) atoms. The molecule has 0 aromatic rings. The van der Waals surface area contributed by atoms with Gasteiger partial charge in [-0.15, -0.1) is 0 Å². The van der Waals surface area contributed by atoms with Crippen LogP contribution in [0.4, 0.5) is 0 Å². The summed E-state index contributed by atoms with van der Waals surface area (Å²) >= 11 is 0. The second-order valence-electron chi connectivity index (χ2n) is 5.56. The van der Waals surface area contributed by atoms with E-state index in [1.165, 1.54) is 0 Å². The van der Waals surface area contributed by atoms with E-state index in [-0.39, 0.29) is 5.41 Å². The van der Waals surface area contributed by atoms with E-state index in [0.29, 0.717) is 5.92 Å². The third-order valence-corrected chi connectivity index (χ3v) is 3.93. The van der Waals surface area contributed by atoms with Crippen molar-refractivity contribution in [2.75, 3.05) is 13.1 Å². The summed E-state index contributed by atoms with van der Waals surface area (Å²) in [6.07, 6.45) is 2.99. The first kappa shape index (κ1) is 12.0. The average molecular weight is 199 g/mol. The molecule has 0 saturated carbocycles. The first-order valence-corrected chi connectivity index (χ1v) is 5.84.